The van der Waals surface area contributed by atoms with E-state index in [9.17, 15) is 0 Å². The molecule has 0 aliphatic heterocycles. The zero-order valence-electron chi connectivity index (χ0n) is 27.6. The van der Waals surface area contributed by atoms with Crippen molar-refractivity contribution in [2.45, 2.75) is 63.1 Å². The largest absolute Gasteiger partial charge is 0.497 e. The molecule has 0 spiro atoms. The first-order valence-electron chi connectivity index (χ1n) is 16.4. The van der Waals surface area contributed by atoms with Crippen molar-refractivity contribution in [2.75, 3.05) is 20.3 Å². The maximum Gasteiger partial charge on any atom is 0.118 e. The standard InChI is InChI=1S/C41H46O7/c1-4-25-43-36-38(45-27-31-15-9-6-10-16-31)39(46-28-32-17-11-7-12-18-32)37(44-26-5-2)41(40(36)47-29-33-19-13-8-14-20-33)48-30-34-21-23-35(42-3)24-22-34/h4-24,36-41H,1-2,25-30H2,3H3. The molecular formula is C41H46O7. The van der Waals surface area contributed by atoms with Crippen molar-refractivity contribution in [1.29, 1.82) is 0 Å². The van der Waals surface area contributed by atoms with Crippen LogP contribution in [0.15, 0.2) is 141 Å². The van der Waals surface area contributed by atoms with Crippen LogP contribution in [0.3, 0.4) is 0 Å². The fourth-order valence-corrected chi connectivity index (χ4v) is 5.83. The molecule has 1 saturated carbocycles. The van der Waals surface area contributed by atoms with Crippen molar-refractivity contribution in [2.24, 2.45) is 0 Å². The van der Waals surface area contributed by atoms with E-state index in [0.717, 1.165) is 28.0 Å². The van der Waals surface area contributed by atoms with E-state index < -0.39 is 36.6 Å². The molecular weight excluding hydrogens is 604 g/mol. The van der Waals surface area contributed by atoms with Crippen LogP contribution in [0.25, 0.3) is 0 Å². The Morgan fingerprint density at radius 2 is 0.708 bits per heavy atom. The number of benzene rings is 4. The van der Waals surface area contributed by atoms with Crippen LogP contribution >= 0.6 is 0 Å². The van der Waals surface area contributed by atoms with Crippen molar-refractivity contribution < 1.29 is 33.2 Å². The molecule has 0 saturated heterocycles. The fourth-order valence-electron chi connectivity index (χ4n) is 5.83. The molecule has 7 nitrogen and oxygen atoms in total. The van der Waals surface area contributed by atoms with E-state index in [1.165, 1.54) is 0 Å². The van der Waals surface area contributed by atoms with Gasteiger partial charge in [-0.2, -0.15) is 0 Å². The van der Waals surface area contributed by atoms with Gasteiger partial charge in [0.1, 0.15) is 42.4 Å². The molecule has 0 amide bonds. The molecule has 4 aromatic rings. The lowest BCUT2D eigenvalue weighted by Crippen LogP contribution is -2.67. The first-order chi connectivity index (χ1) is 23.7. The molecule has 1 aliphatic rings. The number of ether oxygens (including phenoxy) is 7. The highest BCUT2D eigenvalue weighted by Crippen LogP contribution is 2.36. The molecule has 6 atom stereocenters. The van der Waals surface area contributed by atoms with Gasteiger partial charge >= 0.3 is 0 Å². The van der Waals surface area contributed by atoms with Crippen molar-refractivity contribution in [3.8, 4) is 5.75 Å². The fraction of sp³-hybridized carbons (Fsp3) is 0.317. The Morgan fingerprint density at radius 3 is 1.00 bits per heavy atom. The van der Waals surface area contributed by atoms with Crippen molar-refractivity contribution in [3.05, 3.63) is 163 Å². The molecule has 48 heavy (non-hydrogen) atoms. The van der Waals surface area contributed by atoms with Gasteiger partial charge in [-0.1, -0.05) is 115 Å². The van der Waals surface area contributed by atoms with Gasteiger partial charge < -0.3 is 33.2 Å². The van der Waals surface area contributed by atoms with Crippen molar-refractivity contribution in [1.82, 2.24) is 0 Å². The Morgan fingerprint density at radius 1 is 0.417 bits per heavy atom. The van der Waals surface area contributed by atoms with Crippen LogP contribution in [0.4, 0.5) is 0 Å². The molecule has 0 bridgehead atoms. The Bertz CT molecular complexity index is 1480. The lowest BCUT2D eigenvalue weighted by molar-refractivity contribution is -0.286. The topological polar surface area (TPSA) is 64.6 Å². The highest BCUT2D eigenvalue weighted by molar-refractivity contribution is 5.27. The second-order valence-electron chi connectivity index (χ2n) is 11.6. The van der Waals surface area contributed by atoms with Crippen molar-refractivity contribution >= 4 is 0 Å². The SMILES string of the molecule is C=CCOC1C(OCc2ccccc2)C(OCc2ccccc2)C(OCC=C)C(OCc2ccc(OC)cc2)C1OCc1ccccc1. The van der Waals surface area contributed by atoms with Crippen LogP contribution in [-0.2, 0) is 54.8 Å². The minimum absolute atomic E-state index is 0.285. The van der Waals surface area contributed by atoms with Crippen LogP contribution in [0, 0.1) is 0 Å². The van der Waals surface area contributed by atoms with Gasteiger partial charge in [-0.3, -0.25) is 0 Å². The summed E-state index contributed by atoms with van der Waals surface area (Å²) in [6.45, 7) is 9.77. The van der Waals surface area contributed by atoms with Gasteiger partial charge in [0.05, 0.1) is 46.8 Å². The van der Waals surface area contributed by atoms with E-state index in [1.54, 1.807) is 19.3 Å². The first kappa shape index (κ1) is 35.2. The summed E-state index contributed by atoms with van der Waals surface area (Å²) < 4.78 is 45.6. The van der Waals surface area contributed by atoms with Gasteiger partial charge in [0.15, 0.2) is 0 Å². The molecule has 6 unspecified atom stereocenters. The average molecular weight is 651 g/mol. The second kappa shape index (κ2) is 19.1. The van der Waals surface area contributed by atoms with Crippen LogP contribution in [0.1, 0.15) is 22.3 Å². The van der Waals surface area contributed by atoms with E-state index in [0.29, 0.717) is 26.4 Å². The minimum atomic E-state index is -0.595. The maximum atomic E-state index is 6.79. The molecule has 1 aliphatic carbocycles. The second-order valence-corrected chi connectivity index (χ2v) is 11.6. The molecule has 7 heteroatoms. The van der Waals surface area contributed by atoms with Crippen LogP contribution in [0.5, 0.6) is 5.75 Å². The summed E-state index contributed by atoms with van der Waals surface area (Å²) in [5.74, 6) is 0.776. The summed E-state index contributed by atoms with van der Waals surface area (Å²) in [5.41, 5.74) is 4.07. The summed E-state index contributed by atoms with van der Waals surface area (Å²) >= 11 is 0. The van der Waals surface area contributed by atoms with E-state index in [4.69, 9.17) is 33.2 Å². The number of hydrogen-bond acceptors (Lipinski definition) is 7. The van der Waals surface area contributed by atoms with E-state index in [2.05, 4.69) is 13.2 Å². The predicted molar refractivity (Wildman–Crippen MR) is 187 cm³/mol. The smallest absolute Gasteiger partial charge is 0.118 e. The van der Waals surface area contributed by atoms with E-state index in [-0.39, 0.29) is 13.2 Å². The summed E-state index contributed by atoms with van der Waals surface area (Å²) in [6, 6.07) is 38.0. The Balaban J connectivity index is 1.53. The number of hydrogen-bond donors (Lipinski definition) is 0. The molecule has 5 rings (SSSR count). The van der Waals surface area contributed by atoms with Crippen LogP contribution < -0.4 is 4.74 Å². The normalized spacial score (nSPS) is 22.2. The van der Waals surface area contributed by atoms with E-state index in [1.807, 2.05) is 115 Å². The molecule has 1 fully saturated rings. The summed E-state index contributed by atoms with van der Waals surface area (Å²) in [4.78, 5) is 0. The van der Waals surface area contributed by atoms with Crippen molar-refractivity contribution in [3.63, 3.8) is 0 Å². The summed E-state index contributed by atoms with van der Waals surface area (Å²) in [7, 11) is 1.65. The average Bonchev–Trinajstić information content (AvgIpc) is 3.14. The van der Waals surface area contributed by atoms with Gasteiger partial charge in [0.25, 0.3) is 0 Å². The lowest BCUT2D eigenvalue weighted by Gasteiger charge is -2.49. The molecule has 0 aromatic heterocycles. The number of methoxy groups -OCH3 is 1. The van der Waals surface area contributed by atoms with Gasteiger partial charge in [-0.15, -0.1) is 13.2 Å². The minimum Gasteiger partial charge on any atom is -0.497 e. The lowest BCUT2D eigenvalue weighted by atomic mass is 9.83. The zero-order chi connectivity index (χ0) is 33.4. The zero-order valence-corrected chi connectivity index (χ0v) is 27.6. The summed E-state index contributed by atoms with van der Waals surface area (Å²) in [5, 5.41) is 0. The van der Waals surface area contributed by atoms with Gasteiger partial charge in [-0.25, -0.2) is 0 Å². The first-order valence-corrected chi connectivity index (χ1v) is 16.4. The summed E-state index contributed by atoms with van der Waals surface area (Å²) in [6.07, 6.45) is -0.0504. The Kier molecular flexibility index (Phi) is 14.0. The molecule has 252 valence electrons. The number of rotatable bonds is 19. The molecule has 0 N–H and O–H groups in total. The third-order valence-corrected chi connectivity index (χ3v) is 8.21. The van der Waals surface area contributed by atoms with E-state index >= 15 is 0 Å². The highest BCUT2D eigenvalue weighted by Gasteiger charge is 2.55. The Labute approximate surface area is 284 Å². The third-order valence-electron chi connectivity index (χ3n) is 8.21. The van der Waals surface area contributed by atoms with Crippen LogP contribution in [0.2, 0.25) is 0 Å². The Hall–Kier alpha value is -4.08. The molecule has 0 heterocycles. The predicted octanol–water partition coefficient (Wildman–Crippen LogP) is 7.49. The van der Waals surface area contributed by atoms with Gasteiger partial charge in [0, 0.05) is 0 Å². The quantitative estimate of drug-likeness (QED) is 0.0975. The third kappa shape index (κ3) is 9.97. The highest BCUT2D eigenvalue weighted by atomic mass is 16.6. The van der Waals surface area contributed by atoms with Crippen LogP contribution in [-0.4, -0.2) is 56.9 Å². The molecule has 4 aromatic carbocycles. The van der Waals surface area contributed by atoms with Gasteiger partial charge in [0.2, 0.25) is 0 Å². The monoisotopic (exact) mass is 650 g/mol. The maximum absolute atomic E-state index is 6.79. The van der Waals surface area contributed by atoms with Gasteiger partial charge in [-0.05, 0) is 34.4 Å². The molecule has 0 radical (unpaired) electrons.